The number of ether oxygens (including phenoxy) is 2. The molecule has 32 heavy (non-hydrogen) atoms. The molecule has 0 saturated carbocycles. The van der Waals surface area contributed by atoms with Gasteiger partial charge in [0.1, 0.15) is 5.76 Å². The van der Waals surface area contributed by atoms with Gasteiger partial charge in [-0.3, -0.25) is 9.69 Å². The first-order chi connectivity index (χ1) is 15.5. The third-order valence-corrected chi connectivity index (χ3v) is 6.08. The molecule has 0 atom stereocenters. The second-order valence-electron chi connectivity index (χ2n) is 7.35. The maximum absolute atomic E-state index is 12.7. The van der Waals surface area contributed by atoms with Gasteiger partial charge in [0.2, 0.25) is 0 Å². The molecule has 0 aliphatic carbocycles. The zero-order valence-electron chi connectivity index (χ0n) is 17.8. The lowest BCUT2D eigenvalue weighted by Gasteiger charge is -2.34. The predicted molar refractivity (Wildman–Crippen MR) is 121 cm³/mol. The van der Waals surface area contributed by atoms with Crippen LogP contribution in [0.2, 0.25) is 0 Å². The summed E-state index contributed by atoms with van der Waals surface area (Å²) in [7, 11) is 3.11. The number of furan rings is 1. The normalized spacial score (nSPS) is 14.4. The minimum atomic E-state index is -0.390. The third kappa shape index (κ3) is 4.58. The van der Waals surface area contributed by atoms with E-state index in [9.17, 15) is 9.59 Å². The van der Waals surface area contributed by atoms with Crippen LogP contribution >= 0.6 is 15.9 Å². The molecule has 1 saturated heterocycles. The highest BCUT2D eigenvalue weighted by Gasteiger charge is 2.24. The molecule has 0 radical (unpaired) electrons. The Bertz CT molecular complexity index is 1150. The molecule has 1 amide bonds. The van der Waals surface area contributed by atoms with Gasteiger partial charge in [0, 0.05) is 42.8 Å². The van der Waals surface area contributed by atoms with E-state index in [0.717, 1.165) is 4.47 Å². The number of piperazine rings is 1. The summed E-state index contributed by atoms with van der Waals surface area (Å²) in [5, 5.41) is 0. The molecule has 0 N–H and O–H groups in total. The predicted octanol–water partition coefficient (Wildman–Crippen LogP) is 3.64. The Morgan fingerprint density at radius 3 is 2.41 bits per heavy atom. The van der Waals surface area contributed by atoms with Crippen LogP contribution < -0.4 is 15.1 Å². The van der Waals surface area contributed by atoms with E-state index in [1.54, 1.807) is 55.5 Å². The Labute approximate surface area is 193 Å². The minimum absolute atomic E-state index is 0.112. The van der Waals surface area contributed by atoms with Crippen molar-refractivity contribution in [3.63, 3.8) is 0 Å². The Hall–Kier alpha value is -3.04. The maximum atomic E-state index is 12.7. The van der Waals surface area contributed by atoms with E-state index in [1.807, 2.05) is 0 Å². The summed E-state index contributed by atoms with van der Waals surface area (Å²) in [5.74, 6) is 1.78. The van der Waals surface area contributed by atoms with Gasteiger partial charge in [-0.2, -0.15) is 0 Å². The smallest absolute Gasteiger partial charge is 0.340 e. The highest BCUT2D eigenvalue weighted by molar-refractivity contribution is 9.10. The zero-order valence-corrected chi connectivity index (χ0v) is 19.4. The first-order valence-corrected chi connectivity index (χ1v) is 10.9. The van der Waals surface area contributed by atoms with Crippen molar-refractivity contribution in [2.24, 2.45) is 0 Å². The van der Waals surface area contributed by atoms with E-state index in [-0.39, 0.29) is 5.91 Å². The van der Waals surface area contributed by atoms with Crippen molar-refractivity contribution in [3.05, 3.63) is 68.9 Å². The molecule has 3 aromatic rings. The molecule has 9 heteroatoms. The van der Waals surface area contributed by atoms with Crippen LogP contribution in [0, 0.1) is 0 Å². The summed E-state index contributed by atoms with van der Waals surface area (Å²) in [5.41, 5.74) is 0.866. The minimum Gasteiger partial charge on any atom is -0.493 e. The van der Waals surface area contributed by atoms with Crippen LogP contribution in [-0.2, 0) is 6.54 Å². The van der Waals surface area contributed by atoms with Crippen molar-refractivity contribution in [2.45, 2.75) is 6.54 Å². The molecule has 1 aromatic carbocycles. The Morgan fingerprint density at radius 2 is 1.78 bits per heavy atom. The van der Waals surface area contributed by atoms with Gasteiger partial charge in [0.15, 0.2) is 17.3 Å². The number of amides is 1. The number of hydrogen-bond donors (Lipinski definition) is 0. The zero-order chi connectivity index (χ0) is 22.7. The quantitative estimate of drug-likeness (QED) is 0.508. The SMILES string of the molecule is COc1cc(Br)c(-c2ccc(CN3CCN(C(=O)c4ccco4)CC3)c(=O)o2)cc1OC. The Balaban J connectivity index is 1.44. The van der Waals surface area contributed by atoms with E-state index in [1.165, 1.54) is 6.26 Å². The number of rotatable bonds is 6. The van der Waals surface area contributed by atoms with Crippen molar-refractivity contribution in [2.75, 3.05) is 40.4 Å². The molecule has 2 aromatic heterocycles. The van der Waals surface area contributed by atoms with E-state index in [2.05, 4.69) is 20.8 Å². The average molecular weight is 503 g/mol. The van der Waals surface area contributed by atoms with Gasteiger partial charge in [-0.15, -0.1) is 0 Å². The monoisotopic (exact) mass is 502 g/mol. The van der Waals surface area contributed by atoms with Gasteiger partial charge in [0.25, 0.3) is 5.91 Å². The molecule has 168 valence electrons. The summed E-state index contributed by atoms with van der Waals surface area (Å²) in [4.78, 5) is 28.9. The molecular weight excluding hydrogens is 480 g/mol. The fourth-order valence-electron chi connectivity index (χ4n) is 3.65. The number of methoxy groups -OCH3 is 2. The van der Waals surface area contributed by atoms with Crippen LogP contribution in [0.4, 0.5) is 0 Å². The van der Waals surface area contributed by atoms with Crippen molar-refractivity contribution in [1.82, 2.24) is 9.80 Å². The molecule has 1 aliphatic heterocycles. The first-order valence-electron chi connectivity index (χ1n) is 10.1. The fourth-order valence-corrected chi connectivity index (χ4v) is 4.17. The molecule has 1 aliphatic rings. The van der Waals surface area contributed by atoms with Gasteiger partial charge in [-0.05, 0) is 52.3 Å². The van der Waals surface area contributed by atoms with Crippen LogP contribution in [0.3, 0.4) is 0 Å². The largest absolute Gasteiger partial charge is 0.493 e. The second-order valence-corrected chi connectivity index (χ2v) is 8.20. The lowest BCUT2D eigenvalue weighted by Crippen LogP contribution is -2.48. The maximum Gasteiger partial charge on any atom is 0.340 e. The number of carbonyl (C=O) groups is 1. The van der Waals surface area contributed by atoms with Crippen molar-refractivity contribution < 1.29 is 23.1 Å². The van der Waals surface area contributed by atoms with E-state index >= 15 is 0 Å². The molecule has 0 bridgehead atoms. The standard InChI is InChI=1S/C23H23BrN2O6/c1-29-20-12-16(17(24)13-21(20)30-2)18-6-5-15(23(28)32-18)14-25-7-9-26(10-8-25)22(27)19-4-3-11-31-19/h3-6,11-13H,7-10,14H2,1-2H3. The summed E-state index contributed by atoms with van der Waals surface area (Å²) in [6.45, 7) is 2.92. The van der Waals surface area contributed by atoms with Crippen LogP contribution in [0.25, 0.3) is 11.3 Å². The highest BCUT2D eigenvalue weighted by Crippen LogP contribution is 2.38. The number of hydrogen-bond acceptors (Lipinski definition) is 7. The lowest BCUT2D eigenvalue weighted by atomic mass is 10.1. The van der Waals surface area contributed by atoms with E-state index in [4.69, 9.17) is 18.3 Å². The summed E-state index contributed by atoms with van der Waals surface area (Å²) >= 11 is 3.50. The molecular formula is C23H23BrN2O6. The Kier molecular flexibility index (Phi) is 6.66. The van der Waals surface area contributed by atoms with Gasteiger partial charge in [0.05, 0.1) is 26.0 Å². The first kappa shape index (κ1) is 22.2. The third-order valence-electron chi connectivity index (χ3n) is 5.42. The lowest BCUT2D eigenvalue weighted by molar-refractivity contribution is 0.0596. The van der Waals surface area contributed by atoms with Gasteiger partial charge in [-0.1, -0.05) is 0 Å². The average Bonchev–Trinajstić information content (AvgIpc) is 3.35. The van der Waals surface area contributed by atoms with Crippen molar-refractivity contribution in [3.8, 4) is 22.8 Å². The Morgan fingerprint density at radius 1 is 1.06 bits per heavy atom. The fraction of sp³-hybridized carbons (Fsp3) is 0.304. The highest BCUT2D eigenvalue weighted by atomic mass is 79.9. The van der Waals surface area contributed by atoms with Gasteiger partial charge < -0.3 is 23.2 Å². The van der Waals surface area contributed by atoms with Crippen LogP contribution in [0.1, 0.15) is 16.1 Å². The second kappa shape index (κ2) is 9.62. The van der Waals surface area contributed by atoms with Crippen LogP contribution in [0.15, 0.2) is 60.8 Å². The molecule has 3 heterocycles. The van der Waals surface area contributed by atoms with Crippen molar-refractivity contribution >= 4 is 21.8 Å². The molecule has 8 nitrogen and oxygen atoms in total. The summed E-state index contributed by atoms with van der Waals surface area (Å²) in [6.07, 6.45) is 1.49. The van der Waals surface area contributed by atoms with E-state index in [0.29, 0.717) is 66.9 Å². The molecule has 0 unspecified atom stereocenters. The van der Waals surface area contributed by atoms with Crippen molar-refractivity contribution in [1.29, 1.82) is 0 Å². The van der Waals surface area contributed by atoms with Gasteiger partial charge in [-0.25, -0.2) is 4.79 Å². The molecule has 1 fully saturated rings. The number of nitrogens with zero attached hydrogens (tertiary/aromatic N) is 2. The van der Waals surface area contributed by atoms with Gasteiger partial charge >= 0.3 is 5.63 Å². The summed E-state index contributed by atoms with van der Waals surface area (Å²) in [6, 6.07) is 10.5. The topological polar surface area (TPSA) is 85.4 Å². The molecule has 0 spiro atoms. The summed E-state index contributed by atoms with van der Waals surface area (Å²) < 4.78 is 22.2. The number of halogens is 1. The van der Waals surface area contributed by atoms with Crippen LogP contribution in [0.5, 0.6) is 11.5 Å². The van der Waals surface area contributed by atoms with E-state index < -0.39 is 5.63 Å². The molecule has 4 rings (SSSR count). The number of benzene rings is 1. The number of carbonyl (C=O) groups excluding carboxylic acids is 1. The van der Waals surface area contributed by atoms with Crippen LogP contribution in [-0.4, -0.2) is 56.1 Å².